The molecule has 4 aliphatic rings. The predicted octanol–water partition coefficient (Wildman–Crippen LogP) is 6.32. The van der Waals surface area contributed by atoms with Crippen LogP contribution in [0, 0.1) is 34.5 Å². The summed E-state index contributed by atoms with van der Waals surface area (Å²) in [5.74, 6) is 2.11. The van der Waals surface area contributed by atoms with Gasteiger partial charge in [-0.15, -0.1) is 0 Å². The van der Waals surface area contributed by atoms with E-state index in [9.17, 15) is 4.79 Å². The van der Waals surface area contributed by atoms with Crippen molar-refractivity contribution in [2.75, 3.05) is 0 Å². The van der Waals surface area contributed by atoms with Crippen molar-refractivity contribution in [2.45, 2.75) is 91.2 Å². The van der Waals surface area contributed by atoms with Crippen LogP contribution >= 0.6 is 0 Å². The molecule has 1 aromatic heterocycles. The van der Waals surface area contributed by atoms with Crippen molar-refractivity contribution >= 4 is 11.5 Å². The minimum absolute atomic E-state index is 0.0160. The number of ether oxygens (including phenoxy) is 1. The zero-order chi connectivity index (χ0) is 24.1. The highest BCUT2D eigenvalue weighted by Crippen LogP contribution is 2.66. The van der Waals surface area contributed by atoms with Crippen LogP contribution < -0.4 is 5.73 Å². The van der Waals surface area contributed by atoms with Gasteiger partial charge in [0.2, 0.25) is 0 Å². The lowest BCUT2D eigenvalue weighted by Crippen LogP contribution is -2.50. The molecule has 8 atom stereocenters. The summed E-state index contributed by atoms with van der Waals surface area (Å²) in [7, 11) is 0. The molecule has 1 heterocycles. The van der Waals surface area contributed by atoms with Gasteiger partial charge in [0.25, 0.3) is 0 Å². The highest BCUT2D eigenvalue weighted by Gasteiger charge is 2.57. The van der Waals surface area contributed by atoms with Crippen LogP contribution in [0.2, 0.25) is 0 Å². The number of allylic oxidation sites excluding steroid dienone is 3. The minimum Gasteiger partial charge on any atom is -0.461 e. The predicted molar refractivity (Wildman–Crippen MR) is 137 cm³/mol. The largest absolute Gasteiger partial charge is 0.461 e. The van der Waals surface area contributed by atoms with Gasteiger partial charge < -0.3 is 10.5 Å². The Morgan fingerprint density at radius 1 is 1.18 bits per heavy atom. The Morgan fingerprint density at radius 2 is 1.97 bits per heavy atom. The maximum absolute atomic E-state index is 12.6. The van der Waals surface area contributed by atoms with Gasteiger partial charge in [-0.05, 0) is 90.2 Å². The van der Waals surface area contributed by atoms with Gasteiger partial charge in [-0.2, -0.15) is 0 Å². The third-order valence-electron chi connectivity index (χ3n) is 10.4. The zero-order valence-corrected chi connectivity index (χ0v) is 21.4. The number of aromatic nitrogens is 1. The molecule has 0 amide bonds. The van der Waals surface area contributed by atoms with E-state index in [1.807, 2.05) is 19.3 Å². The average molecular weight is 463 g/mol. The Morgan fingerprint density at radius 3 is 2.71 bits per heavy atom. The van der Waals surface area contributed by atoms with Crippen molar-refractivity contribution in [3.05, 3.63) is 47.8 Å². The lowest BCUT2D eigenvalue weighted by molar-refractivity contribution is -0.154. The maximum Gasteiger partial charge on any atom is 0.323 e. The third kappa shape index (κ3) is 3.77. The molecule has 2 N–H and O–H groups in total. The zero-order valence-electron chi connectivity index (χ0n) is 21.4. The van der Waals surface area contributed by atoms with Crippen LogP contribution in [0.15, 0.2) is 42.3 Å². The van der Waals surface area contributed by atoms with E-state index >= 15 is 0 Å². The molecule has 1 unspecified atom stereocenters. The number of pyridine rings is 1. The second-order valence-electron chi connectivity index (χ2n) is 12.0. The minimum atomic E-state index is -0.511. The normalized spacial score (nSPS) is 38.5. The summed E-state index contributed by atoms with van der Waals surface area (Å²) in [5, 5.41) is 0. The van der Waals surface area contributed by atoms with Crippen molar-refractivity contribution < 1.29 is 9.53 Å². The highest BCUT2D eigenvalue weighted by molar-refractivity contribution is 5.76. The number of nitrogens with two attached hydrogens (primary N) is 1. The quantitative estimate of drug-likeness (QED) is 0.410. The number of esters is 1. The fourth-order valence-corrected chi connectivity index (χ4v) is 7.99. The molecule has 34 heavy (non-hydrogen) atoms. The molecule has 0 saturated heterocycles. The average Bonchev–Trinajstić information content (AvgIpc) is 3.21. The summed E-state index contributed by atoms with van der Waals surface area (Å²) in [6, 6.07) is 3.79. The standard InChI is InChI=1S/C30H42N2O2/c1-5-19(2)27(31)28(33)34-22-12-14-29(3)21(17-22)8-9-23-25-11-10-24(20-7-6-16-32-18-20)30(25,4)15-13-26(23)29/h6-8,10,16,18-19,22-23,25-27H,5,9,11-15,17,31H2,1-4H3/t19?,22-,23-,25-,26-,27+,29-,30+/m0/s1. The van der Waals surface area contributed by atoms with Crippen LogP contribution in [0.3, 0.4) is 0 Å². The maximum atomic E-state index is 12.6. The Labute approximate surface area is 205 Å². The van der Waals surface area contributed by atoms with Crippen LogP contribution in [0.4, 0.5) is 0 Å². The smallest absolute Gasteiger partial charge is 0.323 e. The first-order valence-corrected chi connectivity index (χ1v) is 13.5. The van der Waals surface area contributed by atoms with Crippen LogP contribution in [0.1, 0.15) is 84.6 Å². The molecule has 184 valence electrons. The molecular weight excluding hydrogens is 420 g/mol. The summed E-state index contributed by atoms with van der Waals surface area (Å²) in [4.78, 5) is 17.0. The van der Waals surface area contributed by atoms with E-state index in [-0.39, 0.29) is 28.8 Å². The summed E-state index contributed by atoms with van der Waals surface area (Å²) in [6.07, 6.45) is 17.7. The van der Waals surface area contributed by atoms with Crippen molar-refractivity contribution in [1.29, 1.82) is 0 Å². The van der Waals surface area contributed by atoms with E-state index in [0.717, 1.165) is 43.9 Å². The van der Waals surface area contributed by atoms with E-state index < -0.39 is 6.04 Å². The molecule has 0 bridgehead atoms. The van der Waals surface area contributed by atoms with Gasteiger partial charge in [0.05, 0.1) is 0 Å². The monoisotopic (exact) mass is 462 g/mol. The van der Waals surface area contributed by atoms with Crippen molar-refractivity contribution in [3.63, 3.8) is 0 Å². The van der Waals surface area contributed by atoms with Crippen molar-refractivity contribution in [3.8, 4) is 0 Å². The van der Waals surface area contributed by atoms with E-state index in [1.165, 1.54) is 36.0 Å². The lowest BCUT2D eigenvalue weighted by Gasteiger charge is -2.57. The second-order valence-corrected chi connectivity index (χ2v) is 12.0. The molecule has 0 aliphatic heterocycles. The molecule has 1 aromatic rings. The number of nitrogens with zero attached hydrogens (tertiary/aromatic N) is 1. The van der Waals surface area contributed by atoms with E-state index in [1.54, 1.807) is 0 Å². The summed E-state index contributed by atoms with van der Waals surface area (Å²) < 4.78 is 5.94. The van der Waals surface area contributed by atoms with E-state index in [4.69, 9.17) is 10.5 Å². The summed E-state index contributed by atoms with van der Waals surface area (Å²) in [5.41, 5.74) is 11.0. The van der Waals surface area contributed by atoms with Gasteiger partial charge >= 0.3 is 5.97 Å². The van der Waals surface area contributed by atoms with E-state index in [0.29, 0.717) is 5.92 Å². The van der Waals surface area contributed by atoms with Gasteiger partial charge in [-0.1, -0.05) is 57.9 Å². The van der Waals surface area contributed by atoms with Crippen LogP contribution in [0.25, 0.3) is 5.57 Å². The SMILES string of the molecule is CCC(C)[C@@H](N)C(=O)O[C@H]1CC[C@@]2(C)C(=CC[C@@H]3[C@@H]2CC[C@]2(C)C(c4cccnc4)=CC[C@@H]32)C1. The number of fused-ring (bicyclic) bond motifs is 5. The molecule has 2 saturated carbocycles. The topological polar surface area (TPSA) is 65.2 Å². The fourth-order valence-electron chi connectivity index (χ4n) is 7.99. The Bertz CT molecular complexity index is 985. The fraction of sp³-hybridized carbons (Fsp3) is 0.667. The molecule has 5 rings (SSSR count). The summed E-state index contributed by atoms with van der Waals surface area (Å²) >= 11 is 0. The van der Waals surface area contributed by atoms with Crippen LogP contribution in [-0.4, -0.2) is 23.1 Å². The Hall–Kier alpha value is -1.94. The lowest BCUT2D eigenvalue weighted by atomic mass is 9.47. The van der Waals surface area contributed by atoms with Crippen LogP contribution in [0.5, 0.6) is 0 Å². The Balaban J connectivity index is 1.31. The first kappa shape index (κ1) is 23.8. The molecular formula is C30H42N2O2. The number of carbonyl (C=O) groups excluding carboxylic acids is 1. The van der Waals surface area contributed by atoms with Gasteiger partial charge in [0.1, 0.15) is 12.1 Å². The van der Waals surface area contributed by atoms with Crippen molar-refractivity contribution in [2.24, 2.45) is 40.2 Å². The summed E-state index contributed by atoms with van der Waals surface area (Å²) in [6.45, 7) is 9.12. The number of hydrogen-bond donors (Lipinski definition) is 1. The molecule has 0 spiro atoms. The van der Waals surface area contributed by atoms with Gasteiger partial charge in [-0.3, -0.25) is 9.78 Å². The second kappa shape index (κ2) is 8.93. The molecule has 0 radical (unpaired) electrons. The molecule has 0 aromatic carbocycles. The first-order valence-electron chi connectivity index (χ1n) is 13.5. The molecule has 2 fully saturated rings. The highest BCUT2D eigenvalue weighted by atomic mass is 16.5. The first-order chi connectivity index (χ1) is 16.3. The van der Waals surface area contributed by atoms with Crippen LogP contribution in [-0.2, 0) is 9.53 Å². The van der Waals surface area contributed by atoms with E-state index in [2.05, 4.69) is 50.0 Å². The van der Waals surface area contributed by atoms with Crippen molar-refractivity contribution in [1.82, 2.24) is 4.98 Å². The number of rotatable bonds is 5. The van der Waals surface area contributed by atoms with Gasteiger partial charge in [-0.25, -0.2) is 0 Å². The van der Waals surface area contributed by atoms with Gasteiger partial charge in [0.15, 0.2) is 0 Å². The third-order valence-corrected chi connectivity index (χ3v) is 10.4. The number of hydrogen-bond acceptors (Lipinski definition) is 4. The van der Waals surface area contributed by atoms with Gasteiger partial charge in [0, 0.05) is 18.8 Å². The molecule has 4 nitrogen and oxygen atoms in total. The molecule has 4 heteroatoms. The Kier molecular flexibility index (Phi) is 6.25. The molecule has 4 aliphatic carbocycles. The number of carbonyl (C=O) groups is 1.